The van der Waals surface area contributed by atoms with E-state index in [2.05, 4.69) is 15.8 Å². The Balaban J connectivity index is 1.45. The quantitative estimate of drug-likeness (QED) is 0.539. The van der Waals surface area contributed by atoms with Crippen molar-refractivity contribution in [2.75, 3.05) is 31.2 Å². The summed E-state index contributed by atoms with van der Waals surface area (Å²) in [5, 5.41) is 0.984. The lowest BCUT2D eigenvalue weighted by atomic mass is 10.1. The van der Waals surface area contributed by atoms with Crippen molar-refractivity contribution < 1.29 is 23.5 Å². The summed E-state index contributed by atoms with van der Waals surface area (Å²) in [6, 6.07) is 17.5. The van der Waals surface area contributed by atoms with E-state index in [0.29, 0.717) is 18.1 Å². The Morgan fingerprint density at radius 2 is 1.76 bits per heavy atom. The number of para-hydroxylation sites is 1. The number of halogens is 1. The minimum Gasteiger partial charge on any atom is -0.478 e. The van der Waals surface area contributed by atoms with Crippen molar-refractivity contribution in [3.63, 3.8) is 0 Å². The second kappa shape index (κ2) is 10.5. The number of nitrogens with zero attached hydrogens (tertiary/aromatic N) is 1. The molecule has 1 aliphatic heterocycles. The normalized spacial score (nSPS) is 14.4. The van der Waals surface area contributed by atoms with Crippen molar-refractivity contribution in [3.05, 3.63) is 71.4 Å². The molecule has 0 saturated carbocycles. The molecule has 1 saturated heterocycles. The van der Waals surface area contributed by atoms with Crippen molar-refractivity contribution in [1.29, 1.82) is 0 Å². The molecular formula is C24H24FN3O4S. The number of nitrogens with one attached hydrogen (secondary N) is 2. The zero-order valence-electron chi connectivity index (χ0n) is 18.0. The molecule has 1 aliphatic rings. The Kier molecular flexibility index (Phi) is 7.21. The molecule has 0 spiro atoms. The first kappa shape index (κ1) is 22.8. The molecule has 9 heteroatoms. The molecule has 2 heterocycles. The highest BCUT2D eigenvalue weighted by Gasteiger charge is 2.23. The molecule has 2 N–H and O–H groups in total. The Morgan fingerprint density at radius 1 is 1.06 bits per heavy atom. The van der Waals surface area contributed by atoms with E-state index in [0.717, 1.165) is 29.2 Å². The van der Waals surface area contributed by atoms with E-state index >= 15 is 0 Å². The number of amides is 2. The fourth-order valence-electron chi connectivity index (χ4n) is 3.39. The molecule has 7 nitrogen and oxygen atoms in total. The van der Waals surface area contributed by atoms with Gasteiger partial charge in [-0.25, -0.2) is 4.39 Å². The summed E-state index contributed by atoms with van der Waals surface area (Å²) < 4.78 is 24.6. The predicted molar refractivity (Wildman–Crippen MR) is 125 cm³/mol. The Bertz CT molecular complexity index is 1120. The van der Waals surface area contributed by atoms with Crippen molar-refractivity contribution in [1.82, 2.24) is 10.9 Å². The summed E-state index contributed by atoms with van der Waals surface area (Å²) in [6.45, 7) is 4.21. The number of thiophene rings is 1. The van der Waals surface area contributed by atoms with Crippen LogP contribution in [0.1, 0.15) is 16.6 Å². The van der Waals surface area contributed by atoms with Gasteiger partial charge in [0, 0.05) is 18.7 Å². The lowest BCUT2D eigenvalue weighted by molar-refractivity contribution is -0.128. The molecule has 3 aromatic rings. The number of carbonyl (C=O) groups excluding carboxylic acids is 2. The van der Waals surface area contributed by atoms with Crippen LogP contribution in [0.15, 0.2) is 60.7 Å². The zero-order chi connectivity index (χ0) is 23.2. The third-order valence-corrected chi connectivity index (χ3v) is 6.32. The number of benzene rings is 2. The molecule has 4 rings (SSSR count). The predicted octanol–water partition coefficient (Wildman–Crippen LogP) is 3.62. The summed E-state index contributed by atoms with van der Waals surface area (Å²) in [5.41, 5.74) is 6.74. The van der Waals surface area contributed by atoms with Crippen LogP contribution in [0, 0.1) is 5.82 Å². The Hall–Kier alpha value is -3.43. The Labute approximate surface area is 195 Å². The summed E-state index contributed by atoms with van der Waals surface area (Å²) in [4.78, 5) is 27.8. The van der Waals surface area contributed by atoms with Gasteiger partial charge in [0.25, 0.3) is 11.8 Å². The summed E-state index contributed by atoms with van der Waals surface area (Å²) >= 11 is 1.36. The number of anilines is 1. The van der Waals surface area contributed by atoms with E-state index in [1.165, 1.54) is 36.5 Å². The standard InChI is InChI=1S/C24H24FN3O4S/c1-16(32-20-10-6-5-9-19(20)25)22(29)26-27-23(30)21-15-18(17-7-3-2-4-8-17)24(33-21)28-11-13-31-14-12-28/h2-10,15-16H,11-14H2,1H3,(H,26,29)(H,27,30). The van der Waals surface area contributed by atoms with Crippen LogP contribution in [0.4, 0.5) is 9.39 Å². The van der Waals surface area contributed by atoms with Gasteiger partial charge in [-0.1, -0.05) is 42.5 Å². The molecule has 0 radical (unpaired) electrons. The van der Waals surface area contributed by atoms with Gasteiger partial charge in [0.15, 0.2) is 17.7 Å². The number of hydrogen-bond donors (Lipinski definition) is 2. The molecule has 0 aliphatic carbocycles. The van der Waals surface area contributed by atoms with E-state index in [9.17, 15) is 14.0 Å². The van der Waals surface area contributed by atoms with Crippen LogP contribution < -0.4 is 20.5 Å². The van der Waals surface area contributed by atoms with E-state index in [-0.39, 0.29) is 5.75 Å². The fourth-order valence-corrected chi connectivity index (χ4v) is 4.51. The minimum absolute atomic E-state index is 0.0348. The van der Waals surface area contributed by atoms with Gasteiger partial charge in [0.05, 0.1) is 23.1 Å². The van der Waals surface area contributed by atoms with Gasteiger partial charge in [-0.2, -0.15) is 0 Å². The van der Waals surface area contributed by atoms with Gasteiger partial charge in [-0.15, -0.1) is 11.3 Å². The van der Waals surface area contributed by atoms with Crippen LogP contribution >= 0.6 is 11.3 Å². The van der Waals surface area contributed by atoms with Crippen LogP contribution in [-0.4, -0.2) is 44.2 Å². The lowest BCUT2D eigenvalue weighted by Crippen LogP contribution is -2.47. The van der Waals surface area contributed by atoms with Gasteiger partial charge >= 0.3 is 0 Å². The highest BCUT2D eigenvalue weighted by atomic mass is 32.1. The maximum absolute atomic E-state index is 13.7. The fraction of sp³-hybridized carbons (Fsp3) is 0.250. The number of carbonyl (C=O) groups is 2. The van der Waals surface area contributed by atoms with Gasteiger partial charge in [-0.3, -0.25) is 20.4 Å². The van der Waals surface area contributed by atoms with Crippen molar-refractivity contribution in [3.8, 4) is 16.9 Å². The molecule has 172 valence electrons. The summed E-state index contributed by atoms with van der Waals surface area (Å²) in [7, 11) is 0. The van der Waals surface area contributed by atoms with E-state index in [4.69, 9.17) is 9.47 Å². The second-order valence-corrected chi connectivity index (χ2v) is 8.46. The highest BCUT2D eigenvalue weighted by Crippen LogP contribution is 2.39. The molecular weight excluding hydrogens is 445 g/mol. The van der Waals surface area contributed by atoms with Crippen LogP contribution in [0.25, 0.3) is 11.1 Å². The second-order valence-electron chi connectivity index (χ2n) is 7.43. The first-order valence-electron chi connectivity index (χ1n) is 10.6. The molecule has 33 heavy (non-hydrogen) atoms. The largest absolute Gasteiger partial charge is 0.478 e. The number of hydrazine groups is 1. The Morgan fingerprint density at radius 3 is 2.48 bits per heavy atom. The highest BCUT2D eigenvalue weighted by molar-refractivity contribution is 7.18. The first-order valence-corrected chi connectivity index (χ1v) is 11.4. The van der Waals surface area contributed by atoms with E-state index in [1.807, 2.05) is 36.4 Å². The van der Waals surface area contributed by atoms with Crippen LogP contribution in [0.2, 0.25) is 0 Å². The van der Waals surface area contributed by atoms with E-state index in [1.54, 1.807) is 6.07 Å². The summed E-state index contributed by atoms with van der Waals surface area (Å²) in [5.74, 6) is -1.64. The van der Waals surface area contributed by atoms with Crippen LogP contribution in [-0.2, 0) is 9.53 Å². The van der Waals surface area contributed by atoms with Crippen molar-refractivity contribution >= 4 is 28.2 Å². The molecule has 0 bridgehead atoms. The molecule has 1 fully saturated rings. The van der Waals surface area contributed by atoms with Crippen molar-refractivity contribution in [2.24, 2.45) is 0 Å². The third-order valence-electron chi connectivity index (χ3n) is 5.13. The molecule has 1 atom stereocenters. The zero-order valence-corrected chi connectivity index (χ0v) is 18.9. The molecule has 1 unspecified atom stereocenters. The number of ether oxygens (including phenoxy) is 2. The van der Waals surface area contributed by atoms with Gasteiger partial charge in [0.1, 0.15) is 0 Å². The number of morpholine rings is 1. The lowest BCUT2D eigenvalue weighted by Gasteiger charge is -2.28. The van der Waals surface area contributed by atoms with Gasteiger partial charge in [0.2, 0.25) is 0 Å². The third kappa shape index (κ3) is 5.50. The maximum Gasteiger partial charge on any atom is 0.279 e. The van der Waals surface area contributed by atoms with Gasteiger partial charge < -0.3 is 14.4 Å². The van der Waals surface area contributed by atoms with E-state index < -0.39 is 23.7 Å². The number of hydrogen-bond acceptors (Lipinski definition) is 6. The van der Waals surface area contributed by atoms with Gasteiger partial charge in [-0.05, 0) is 30.7 Å². The average Bonchev–Trinajstić information content (AvgIpc) is 3.30. The monoisotopic (exact) mass is 469 g/mol. The molecule has 2 amide bonds. The smallest absolute Gasteiger partial charge is 0.279 e. The van der Waals surface area contributed by atoms with Crippen LogP contribution in [0.3, 0.4) is 0 Å². The molecule has 2 aromatic carbocycles. The SMILES string of the molecule is CC(Oc1ccccc1F)C(=O)NNC(=O)c1cc(-c2ccccc2)c(N2CCOCC2)s1. The van der Waals surface area contributed by atoms with Crippen LogP contribution in [0.5, 0.6) is 5.75 Å². The molecule has 1 aromatic heterocycles. The minimum atomic E-state index is -1.01. The first-order chi connectivity index (χ1) is 16.0. The summed E-state index contributed by atoms with van der Waals surface area (Å²) in [6.07, 6.45) is -1.01. The average molecular weight is 470 g/mol. The number of rotatable bonds is 6. The van der Waals surface area contributed by atoms with Crippen molar-refractivity contribution in [2.45, 2.75) is 13.0 Å². The maximum atomic E-state index is 13.7. The topological polar surface area (TPSA) is 79.9 Å².